The molecule has 3 heterocycles. The molecule has 4 nitrogen and oxygen atoms in total. The van der Waals surface area contributed by atoms with Crippen molar-refractivity contribution in [1.82, 2.24) is 14.9 Å². The first-order valence-electron chi connectivity index (χ1n) is 7.44. The van der Waals surface area contributed by atoms with Gasteiger partial charge in [0.1, 0.15) is 0 Å². The fourth-order valence-corrected chi connectivity index (χ4v) is 3.57. The predicted octanol–water partition coefficient (Wildman–Crippen LogP) is 3.00. The van der Waals surface area contributed by atoms with E-state index in [2.05, 4.69) is 26.3 Å². The van der Waals surface area contributed by atoms with Gasteiger partial charge >= 0.3 is 0 Å². The Kier molecular flexibility index (Phi) is 4.83. The second-order valence-electron chi connectivity index (χ2n) is 5.52. The Balaban J connectivity index is 1.49. The minimum Gasteiger partial charge on any atom is -0.481 e. The molecule has 0 N–H and O–H groups in total. The summed E-state index contributed by atoms with van der Waals surface area (Å²) < 4.78 is 5.18. The Morgan fingerprint density at radius 2 is 2.19 bits per heavy atom. The van der Waals surface area contributed by atoms with Crippen LogP contribution in [0.3, 0.4) is 0 Å². The third-order valence-corrected chi connectivity index (χ3v) is 4.83. The number of rotatable bonds is 5. The number of thiazole rings is 1. The van der Waals surface area contributed by atoms with Crippen LogP contribution in [0.15, 0.2) is 29.8 Å². The van der Waals surface area contributed by atoms with E-state index in [0.717, 1.165) is 37.7 Å². The molecule has 0 amide bonds. The summed E-state index contributed by atoms with van der Waals surface area (Å²) in [5, 5.41) is 3.35. The maximum absolute atomic E-state index is 5.18. The first-order chi connectivity index (χ1) is 10.3. The van der Waals surface area contributed by atoms with Crippen LogP contribution in [0, 0.1) is 5.92 Å². The van der Waals surface area contributed by atoms with Gasteiger partial charge in [0.05, 0.1) is 17.8 Å². The molecule has 0 aliphatic carbocycles. The van der Waals surface area contributed by atoms with E-state index >= 15 is 0 Å². The van der Waals surface area contributed by atoms with Crippen molar-refractivity contribution < 1.29 is 4.74 Å². The van der Waals surface area contributed by atoms with E-state index < -0.39 is 0 Å². The molecule has 0 unspecified atom stereocenters. The van der Waals surface area contributed by atoms with Crippen molar-refractivity contribution in [3.05, 3.63) is 40.5 Å². The average Bonchev–Trinajstić information content (AvgIpc) is 3.02. The summed E-state index contributed by atoms with van der Waals surface area (Å²) in [5.41, 5.74) is 1.09. The standard InChI is InChI=1S/C16H21N3OS/c1-20-15-4-2-3-14(18-15)12-19-8-5-13(6-9-19)11-16-17-7-10-21-16/h2-4,7,10,13H,5-6,8-9,11-12H2,1H3. The van der Waals surface area contributed by atoms with Crippen LogP contribution < -0.4 is 4.74 Å². The lowest BCUT2D eigenvalue weighted by Gasteiger charge is -2.31. The molecule has 112 valence electrons. The Labute approximate surface area is 129 Å². The number of aromatic nitrogens is 2. The normalized spacial score (nSPS) is 17.0. The molecule has 3 rings (SSSR count). The van der Waals surface area contributed by atoms with Crippen molar-refractivity contribution in [1.29, 1.82) is 0 Å². The summed E-state index contributed by atoms with van der Waals surface area (Å²) in [6.07, 6.45) is 5.56. The van der Waals surface area contributed by atoms with Crippen molar-refractivity contribution in [2.75, 3.05) is 20.2 Å². The molecule has 0 spiro atoms. The van der Waals surface area contributed by atoms with Crippen LogP contribution in [0.2, 0.25) is 0 Å². The maximum atomic E-state index is 5.18. The molecular weight excluding hydrogens is 282 g/mol. The molecule has 0 saturated carbocycles. The molecule has 0 radical (unpaired) electrons. The number of hydrogen-bond acceptors (Lipinski definition) is 5. The maximum Gasteiger partial charge on any atom is 0.213 e. The number of pyridine rings is 1. The summed E-state index contributed by atoms with van der Waals surface area (Å²) >= 11 is 1.78. The number of nitrogens with zero attached hydrogens (tertiary/aromatic N) is 3. The summed E-state index contributed by atoms with van der Waals surface area (Å²) in [6, 6.07) is 5.98. The first-order valence-corrected chi connectivity index (χ1v) is 8.32. The number of hydrogen-bond donors (Lipinski definition) is 0. The predicted molar refractivity (Wildman–Crippen MR) is 84.6 cm³/mol. The van der Waals surface area contributed by atoms with Gasteiger partial charge in [-0.2, -0.15) is 0 Å². The lowest BCUT2D eigenvalue weighted by atomic mass is 9.94. The van der Waals surface area contributed by atoms with Gasteiger partial charge in [0.15, 0.2) is 0 Å². The van der Waals surface area contributed by atoms with Crippen LogP contribution >= 0.6 is 11.3 Å². The highest BCUT2D eigenvalue weighted by Crippen LogP contribution is 2.23. The lowest BCUT2D eigenvalue weighted by molar-refractivity contribution is 0.175. The van der Waals surface area contributed by atoms with Crippen LogP contribution in [0.5, 0.6) is 5.88 Å². The van der Waals surface area contributed by atoms with E-state index in [9.17, 15) is 0 Å². The molecular formula is C16H21N3OS. The van der Waals surface area contributed by atoms with Gasteiger partial charge in [-0.15, -0.1) is 11.3 Å². The molecule has 0 atom stereocenters. The summed E-state index contributed by atoms with van der Waals surface area (Å²) in [6.45, 7) is 3.21. The number of piperidine rings is 1. The van der Waals surface area contributed by atoms with Crippen molar-refractivity contribution in [2.24, 2.45) is 5.92 Å². The van der Waals surface area contributed by atoms with Crippen molar-refractivity contribution >= 4 is 11.3 Å². The number of ether oxygens (including phenoxy) is 1. The van der Waals surface area contributed by atoms with Gasteiger partial charge in [0.2, 0.25) is 5.88 Å². The highest BCUT2D eigenvalue weighted by Gasteiger charge is 2.20. The quantitative estimate of drug-likeness (QED) is 0.851. The first kappa shape index (κ1) is 14.5. The molecule has 0 aromatic carbocycles. The smallest absolute Gasteiger partial charge is 0.213 e. The van der Waals surface area contributed by atoms with Gasteiger partial charge in [-0.3, -0.25) is 4.90 Å². The average molecular weight is 303 g/mol. The van der Waals surface area contributed by atoms with Gasteiger partial charge in [0, 0.05) is 30.6 Å². The summed E-state index contributed by atoms with van der Waals surface area (Å²) in [4.78, 5) is 11.4. The van der Waals surface area contributed by atoms with Crippen LogP contribution in [0.1, 0.15) is 23.5 Å². The molecule has 21 heavy (non-hydrogen) atoms. The molecule has 1 saturated heterocycles. The van der Waals surface area contributed by atoms with Gasteiger partial charge in [-0.1, -0.05) is 6.07 Å². The van der Waals surface area contributed by atoms with E-state index in [0.29, 0.717) is 5.88 Å². The zero-order chi connectivity index (χ0) is 14.5. The molecule has 1 aliphatic heterocycles. The van der Waals surface area contributed by atoms with Crippen molar-refractivity contribution in [3.63, 3.8) is 0 Å². The Bertz CT molecular complexity index is 550. The lowest BCUT2D eigenvalue weighted by Crippen LogP contribution is -2.34. The topological polar surface area (TPSA) is 38.2 Å². The second-order valence-corrected chi connectivity index (χ2v) is 6.50. The van der Waals surface area contributed by atoms with Gasteiger partial charge < -0.3 is 4.74 Å². The molecule has 2 aromatic heterocycles. The number of methoxy groups -OCH3 is 1. The van der Waals surface area contributed by atoms with Gasteiger partial charge in [-0.25, -0.2) is 9.97 Å². The number of likely N-dealkylation sites (tertiary alicyclic amines) is 1. The third-order valence-electron chi connectivity index (χ3n) is 4.03. The van der Waals surface area contributed by atoms with Crippen LogP contribution in [-0.4, -0.2) is 35.1 Å². The van der Waals surface area contributed by atoms with E-state index in [1.54, 1.807) is 18.4 Å². The van der Waals surface area contributed by atoms with Crippen LogP contribution in [0.25, 0.3) is 0 Å². The highest BCUT2D eigenvalue weighted by atomic mass is 32.1. The van der Waals surface area contributed by atoms with Gasteiger partial charge in [-0.05, 0) is 37.9 Å². The minimum atomic E-state index is 0.700. The fourth-order valence-electron chi connectivity index (χ4n) is 2.84. The Morgan fingerprint density at radius 1 is 1.33 bits per heavy atom. The Hall–Kier alpha value is -1.46. The van der Waals surface area contributed by atoms with E-state index in [4.69, 9.17) is 4.74 Å². The van der Waals surface area contributed by atoms with E-state index in [1.807, 2.05) is 18.3 Å². The molecule has 5 heteroatoms. The Morgan fingerprint density at radius 3 is 2.90 bits per heavy atom. The van der Waals surface area contributed by atoms with Crippen LogP contribution in [0.4, 0.5) is 0 Å². The molecule has 1 fully saturated rings. The van der Waals surface area contributed by atoms with E-state index in [1.165, 1.54) is 17.8 Å². The second kappa shape index (κ2) is 7.00. The monoisotopic (exact) mass is 303 g/mol. The zero-order valence-corrected chi connectivity index (χ0v) is 13.2. The summed E-state index contributed by atoms with van der Waals surface area (Å²) in [7, 11) is 1.66. The van der Waals surface area contributed by atoms with Crippen LogP contribution in [-0.2, 0) is 13.0 Å². The minimum absolute atomic E-state index is 0.700. The van der Waals surface area contributed by atoms with Crippen molar-refractivity contribution in [2.45, 2.75) is 25.8 Å². The summed E-state index contributed by atoms with van der Waals surface area (Å²) in [5.74, 6) is 1.48. The largest absolute Gasteiger partial charge is 0.481 e. The highest BCUT2D eigenvalue weighted by molar-refractivity contribution is 7.09. The molecule has 2 aromatic rings. The molecule has 0 bridgehead atoms. The SMILES string of the molecule is COc1cccc(CN2CCC(Cc3nccs3)CC2)n1. The third kappa shape index (κ3) is 4.02. The molecule has 1 aliphatic rings. The van der Waals surface area contributed by atoms with Gasteiger partial charge in [0.25, 0.3) is 0 Å². The van der Waals surface area contributed by atoms with Crippen molar-refractivity contribution in [3.8, 4) is 5.88 Å². The van der Waals surface area contributed by atoms with E-state index in [-0.39, 0.29) is 0 Å². The fraction of sp³-hybridized carbons (Fsp3) is 0.500. The zero-order valence-electron chi connectivity index (χ0n) is 12.4.